The molecule has 0 fully saturated rings. The summed E-state index contributed by atoms with van der Waals surface area (Å²) < 4.78 is 15.5. The number of rotatable bonds is 7. The van der Waals surface area contributed by atoms with Crippen molar-refractivity contribution in [2.45, 2.75) is 52.8 Å². The Kier molecular flexibility index (Phi) is 7.70. The van der Waals surface area contributed by atoms with Crippen LogP contribution in [0.5, 0.6) is 0 Å². The molecule has 0 saturated carbocycles. The van der Waals surface area contributed by atoms with Gasteiger partial charge in [0.15, 0.2) is 14.2 Å². The minimum absolute atomic E-state index is 0.136. The van der Waals surface area contributed by atoms with Gasteiger partial charge in [-0.25, -0.2) is 0 Å². The first-order valence-corrected chi connectivity index (χ1v) is 10.7. The number of hydrogen-bond donors (Lipinski definition) is 0. The molecule has 0 unspecified atom stereocenters. The van der Waals surface area contributed by atoms with Crippen LogP contribution in [-0.4, -0.2) is 41.1 Å². The summed E-state index contributed by atoms with van der Waals surface area (Å²) in [5.74, 6) is -2.20. The van der Waals surface area contributed by atoms with E-state index in [1.54, 1.807) is 13.8 Å². The molecule has 0 amide bonds. The summed E-state index contributed by atoms with van der Waals surface area (Å²) in [6.07, 6.45) is 3.68. The largest absolute Gasteiger partial charge is 0.468 e. The summed E-state index contributed by atoms with van der Waals surface area (Å²) in [4.78, 5) is 23.8. The molecule has 0 aliphatic carbocycles. The molecule has 0 heterocycles. The molecule has 5 nitrogen and oxygen atoms in total. The molecule has 134 valence electrons. The Morgan fingerprint density at radius 1 is 1.00 bits per heavy atom. The maximum atomic E-state index is 11.9. The topological polar surface area (TPSA) is 61.8 Å². The van der Waals surface area contributed by atoms with Crippen LogP contribution in [0.3, 0.4) is 0 Å². The second-order valence-electron chi connectivity index (χ2n) is 7.77. The summed E-state index contributed by atoms with van der Waals surface area (Å²) in [5, 5.41) is 0.136. The molecule has 23 heavy (non-hydrogen) atoms. The Morgan fingerprint density at radius 2 is 1.43 bits per heavy atom. The fourth-order valence-corrected chi connectivity index (χ4v) is 2.81. The highest BCUT2D eigenvalue weighted by Crippen LogP contribution is 2.36. The number of methoxy groups -OCH3 is 2. The first kappa shape index (κ1) is 21.9. The molecule has 0 atom stereocenters. The van der Waals surface area contributed by atoms with Gasteiger partial charge in [-0.05, 0) is 18.1 Å². The summed E-state index contributed by atoms with van der Waals surface area (Å²) >= 11 is 0. The molecule has 6 heteroatoms. The van der Waals surface area contributed by atoms with Crippen molar-refractivity contribution in [1.82, 2.24) is 0 Å². The zero-order valence-electron chi connectivity index (χ0n) is 16.0. The van der Waals surface area contributed by atoms with Crippen LogP contribution in [-0.2, 0) is 23.5 Å². The SMILES string of the molecule is COC(=O)C(C(=O)OC)C(C)(C)/C=C/CO[Si](C)(C)C(C)(C)C. The normalized spacial score (nSPS) is 13.5. The third kappa shape index (κ3) is 6.10. The Hall–Kier alpha value is -1.14. The van der Waals surface area contributed by atoms with Gasteiger partial charge in [-0.2, -0.15) is 0 Å². The number of carbonyl (C=O) groups excluding carboxylic acids is 2. The van der Waals surface area contributed by atoms with Crippen molar-refractivity contribution in [3.8, 4) is 0 Å². The molecule has 0 bridgehead atoms. The second-order valence-corrected chi connectivity index (χ2v) is 12.6. The van der Waals surface area contributed by atoms with Crippen molar-refractivity contribution in [1.29, 1.82) is 0 Å². The van der Waals surface area contributed by atoms with Gasteiger partial charge in [-0.3, -0.25) is 9.59 Å². The van der Waals surface area contributed by atoms with Crippen LogP contribution in [0.4, 0.5) is 0 Å². The van der Waals surface area contributed by atoms with Crippen LogP contribution in [0, 0.1) is 11.3 Å². The highest BCUT2D eigenvalue weighted by atomic mass is 28.4. The van der Waals surface area contributed by atoms with E-state index in [9.17, 15) is 9.59 Å². The van der Waals surface area contributed by atoms with E-state index < -0.39 is 31.6 Å². The lowest BCUT2D eigenvalue weighted by atomic mass is 9.78. The fourth-order valence-electron chi connectivity index (χ4n) is 1.86. The molecule has 0 spiro atoms. The van der Waals surface area contributed by atoms with Crippen molar-refractivity contribution in [2.75, 3.05) is 20.8 Å². The number of hydrogen-bond acceptors (Lipinski definition) is 5. The molecule has 0 aromatic carbocycles. The van der Waals surface area contributed by atoms with Crippen LogP contribution in [0.25, 0.3) is 0 Å². The quantitative estimate of drug-likeness (QED) is 0.306. The summed E-state index contributed by atoms with van der Waals surface area (Å²) in [6, 6.07) is 0. The lowest BCUT2D eigenvalue weighted by Crippen LogP contribution is -2.41. The van der Waals surface area contributed by atoms with Crippen molar-refractivity contribution >= 4 is 20.3 Å². The minimum atomic E-state index is -1.82. The number of ether oxygens (including phenoxy) is 2. The summed E-state index contributed by atoms with van der Waals surface area (Å²) in [7, 11) is 0.705. The number of allylic oxidation sites excluding steroid dienone is 1. The Morgan fingerprint density at radius 3 is 1.78 bits per heavy atom. The van der Waals surface area contributed by atoms with E-state index in [2.05, 4.69) is 33.9 Å². The average molecular weight is 345 g/mol. The van der Waals surface area contributed by atoms with Crippen molar-refractivity contribution in [3.05, 3.63) is 12.2 Å². The second kappa shape index (κ2) is 8.10. The lowest BCUT2D eigenvalue weighted by Gasteiger charge is -2.36. The Bertz CT molecular complexity index is 430. The van der Waals surface area contributed by atoms with Gasteiger partial charge in [0.1, 0.15) is 0 Å². The first-order chi connectivity index (χ1) is 10.3. The molecule has 0 aromatic rings. The molecule has 0 saturated heterocycles. The van der Waals surface area contributed by atoms with Crippen molar-refractivity contribution < 1.29 is 23.5 Å². The van der Waals surface area contributed by atoms with E-state index in [0.717, 1.165) is 0 Å². The van der Waals surface area contributed by atoms with Gasteiger partial charge < -0.3 is 13.9 Å². The van der Waals surface area contributed by atoms with Gasteiger partial charge in [0.2, 0.25) is 0 Å². The van der Waals surface area contributed by atoms with Crippen LogP contribution < -0.4 is 0 Å². The van der Waals surface area contributed by atoms with E-state index in [0.29, 0.717) is 6.61 Å². The standard InChI is InChI=1S/C17H32O5Si/c1-16(2,3)23(8,9)22-12-10-11-17(4,5)13(14(18)20-6)15(19)21-7/h10-11,13H,12H2,1-9H3/b11-10+. The molecule has 0 aliphatic heterocycles. The smallest absolute Gasteiger partial charge is 0.320 e. The van der Waals surface area contributed by atoms with Gasteiger partial charge in [0, 0.05) is 5.41 Å². The highest BCUT2D eigenvalue weighted by Gasteiger charge is 2.41. The predicted molar refractivity (Wildman–Crippen MR) is 93.6 cm³/mol. The zero-order chi connectivity index (χ0) is 18.5. The van der Waals surface area contributed by atoms with Gasteiger partial charge in [-0.1, -0.05) is 46.8 Å². The third-order valence-electron chi connectivity index (χ3n) is 4.51. The predicted octanol–water partition coefficient (Wildman–Crippen LogP) is 3.55. The summed E-state index contributed by atoms with van der Waals surface area (Å²) in [5.41, 5.74) is -0.725. The fraction of sp³-hybridized carbons (Fsp3) is 0.765. The molecular weight excluding hydrogens is 312 g/mol. The van der Waals surface area contributed by atoms with Crippen molar-refractivity contribution in [3.63, 3.8) is 0 Å². The lowest BCUT2D eigenvalue weighted by molar-refractivity contribution is -0.163. The maximum absolute atomic E-state index is 11.9. The van der Waals surface area contributed by atoms with Crippen LogP contribution in [0.15, 0.2) is 12.2 Å². The summed E-state index contributed by atoms with van der Waals surface area (Å²) in [6.45, 7) is 14.9. The average Bonchev–Trinajstić information content (AvgIpc) is 2.41. The van der Waals surface area contributed by atoms with E-state index in [1.807, 2.05) is 12.2 Å². The van der Waals surface area contributed by atoms with E-state index >= 15 is 0 Å². The van der Waals surface area contributed by atoms with E-state index in [1.165, 1.54) is 14.2 Å². The zero-order valence-corrected chi connectivity index (χ0v) is 17.0. The molecule has 0 aromatic heterocycles. The highest BCUT2D eigenvalue weighted by molar-refractivity contribution is 6.74. The van der Waals surface area contributed by atoms with Crippen LogP contribution >= 0.6 is 0 Å². The maximum Gasteiger partial charge on any atom is 0.320 e. The molecule has 0 N–H and O–H groups in total. The number of carbonyl (C=O) groups is 2. The van der Waals surface area contributed by atoms with Gasteiger partial charge in [-0.15, -0.1) is 0 Å². The van der Waals surface area contributed by atoms with Crippen molar-refractivity contribution in [2.24, 2.45) is 11.3 Å². The first-order valence-electron chi connectivity index (χ1n) is 7.77. The van der Waals surface area contributed by atoms with Gasteiger partial charge in [0.05, 0.1) is 20.8 Å². The van der Waals surface area contributed by atoms with E-state index in [-0.39, 0.29) is 5.04 Å². The van der Waals surface area contributed by atoms with Gasteiger partial charge in [0.25, 0.3) is 0 Å². The van der Waals surface area contributed by atoms with E-state index in [4.69, 9.17) is 13.9 Å². The minimum Gasteiger partial charge on any atom is -0.468 e. The molecular formula is C17H32O5Si. The molecule has 0 aliphatic rings. The monoisotopic (exact) mass is 344 g/mol. The Balaban J connectivity index is 5.02. The third-order valence-corrected chi connectivity index (χ3v) is 9.01. The number of esters is 2. The van der Waals surface area contributed by atoms with Gasteiger partial charge >= 0.3 is 11.9 Å². The van der Waals surface area contributed by atoms with Crippen LogP contribution in [0.1, 0.15) is 34.6 Å². The Labute approximate surface area is 141 Å². The van der Waals surface area contributed by atoms with Crippen LogP contribution in [0.2, 0.25) is 18.1 Å². The molecule has 0 rings (SSSR count). The molecule has 0 radical (unpaired) electrons.